The summed E-state index contributed by atoms with van der Waals surface area (Å²) in [5.74, 6) is -1.72. The Hall–Kier alpha value is -1.79. The molecule has 0 aliphatic carbocycles. The van der Waals surface area contributed by atoms with Crippen molar-refractivity contribution < 1.29 is 19.5 Å². The minimum atomic E-state index is -1.13. The average Bonchev–Trinajstić information content (AvgIpc) is 2.09. The number of carboxylic acid groups (broad SMARTS) is 1. The molecule has 0 rings (SSSR count). The smallest absolute Gasteiger partial charge is 0.326 e. The molecule has 0 saturated heterocycles. The van der Waals surface area contributed by atoms with E-state index in [2.05, 4.69) is 10.6 Å². The van der Waals surface area contributed by atoms with Crippen LogP contribution in [-0.4, -0.2) is 35.1 Å². The zero-order valence-electron chi connectivity index (χ0n) is 10.4. The van der Waals surface area contributed by atoms with E-state index in [1.807, 2.05) is 0 Å². The van der Waals surface area contributed by atoms with Gasteiger partial charge in [0.1, 0.15) is 12.1 Å². The molecule has 98 valence electrons. The van der Waals surface area contributed by atoms with E-state index in [1.54, 1.807) is 20.8 Å². The van der Waals surface area contributed by atoms with E-state index in [0.29, 0.717) is 0 Å². The molecule has 3 amide bonds. The van der Waals surface area contributed by atoms with Crippen LogP contribution in [0.25, 0.3) is 0 Å². The number of nitrogens with two attached hydrogens (primary N) is 1. The lowest BCUT2D eigenvalue weighted by molar-refractivity contribution is -0.145. The molecule has 2 atom stereocenters. The summed E-state index contributed by atoms with van der Waals surface area (Å²) < 4.78 is 0. The van der Waals surface area contributed by atoms with Crippen LogP contribution in [0.1, 0.15) is 27.7 Å². The summed E-state index contributed by atoms with van der Waals surface area (Å²) >= 11 is 0. The highest BCUT2D eigenvalue weighted by atomic mass is 16.4. The Bertz CT molecular complexity index is 322. The average molecular weight is 245 g/mol. The maximum Gasteiger partial charge on any atom is 0.326 e. The number of hydrogen-bond acceptors (Lipinski definition) is 3. The van der Waals surface area contributed by atoms with Crippen LogP contribution >= 0.6 is 0 Å². The molecular formula is C10H19N3O4. The van der Waals surface area contributed by atoms with Gasteiger partial charge in [-0.1, -0.05) is 20.8 Å². The van der Waals surface area contributed by atoms with Crippen LogP contribution in [0.2, 0.25) is 0 Å². The Labute approximate surface area is 99.7 Å². The first kappa shape index (κ1) is 15.2. The molecule has 0 aromatic rings. The SMILES string of the molecule is CC(NC(N)=O)C(=O)N[C@@H](C(=O)O)C(C)(C)C. The molecule has 0 fully saturated rings. The lowest BCUT2D eigenvalue weighted by Gasteiger charge is -2.28. The number of amides is 3. The lowest BCUT2D eigenvalue weighted by Crippen LogP contribution is -2.55. The number of hydrogen-bond donors (Lipinski definition) is 4. The number of carbonyl (C=O) groups excluding carboxylic acids is 2. The Kier molecular flexibility index (Phi) is 4.93. The summed E-state index contributed by atoms with van der Waals surface area (Å²) in [6.07, 6.45) is 0. The summed E-state index contributed by atoms with van der Waals surface area (Å²) in [6.45, 7) is 6.50. The van der Waals surface area contributed by atoms with E-state index in [0.717, 1.165) is 0 Å². The van der Waals surface area contributed by atoms with Crippen molar-refractivity contribution in [2.45, 2.75) is 39.8 Å². The van der Waals surface area contributed by atoms with Gasteiger partial charge in [-0.2, -0.15) is 0 Å². The minimum absolute atomic E-state index is 0.592. The van der Waals surface area contributed by atoms with Gasteiger partial charge in [-0.25, -0.2) is 9.59 Å². The van der Waals surface area contributed by atoms with E-state index in [4.69, 9.17) is 10.8 Å². The Balaban J connectivity index is 4.63. The topological polar surface area (TPSA) is 122 Å². The van der Waals surface area contributed by atoms with Gasteiger partial charge in [-0.05, 0) is 12.3 Å². The van der Waals surface area contributed by atoms with Crippen molar-refractivity contribution in [2.24, 2.45) is 11.1 Å². The zero-order chi connectivity index (χ0) is 13.8. The van der Waals surface area contributed by atoms with E-state index in [-0.39, 0.29) is 0 Å². The molecule has 0 aliphatic heterocycles. The van der Waals surface area contributed by atoms with E-state index >= 15 is 0 Å². The van der Waals surface area contributed by atoms with Gasteiger partial charge in [0.2, 0.25) is 5.91 Å². The van der Waals surface area contributed by atoms with Gasteiger partial charge in [0.15, 0.2) is 0 Å². The van der Waals surface area contributed by atoms with Crippen molar-refractivity contribution in [1.82, 2.24) is 10.6 Å². The third-order valence-corrected chi connectivity index (χ3v) is 2.15. The Morgan fingerprint density at radius 2 is 1.65 bits per heavy atom. The number of aliphatic carboxylic acids is 1. The quantitative estimate of drug-likeness (QED) is 0.541. The second-order valence-electron chi connectivity index (χ2n) is 4.88. The van der Waals surface area contributed by atoms with Gasteiger partial charge in [0.25, 0.3) is 0 Å². The third kappa shape index (κ3) is 5.19. The van der Waals surface area contributed by atoms with Gasteiger partial charge in [-0.15, -0.1) is 0 Å². The highest BCUT2D eigenvalue weighted by Crippen LogP contribution is 2.19. The molecule has 7 heteroatoms. The van der Waals surface area contributed by atoms with E-state index in [1.165, 1.54) is 6.92 Å². The molecule has 5 N–H and O–H groups in total. The molecule has 0 aliphatic rings. The number of carboxylic acids is 1. The summed E-state index contributed by atoms with van der Waals surface area (Å²) in [6, 6.07) is -2.75. The fraction of sp³-hybridized carbons (Fsp3) is 0.700. The summed E-state index contributed by atoms with van der Waals surface area (Å²) in [5, 5.41) is 13.5. The summed E-state index contributed by atoms with van der Waals surface area (Å²) in [7, 11) is 0. The fourth-order valence-corrected chi connectivity index (χ4v) is 1.19. The first-order valence-corrected chi connectivity index (χ1v) is 5.15. The van der Waals surface area contributed by atoms with Gasteiger partial charge in [-0.3, -0.25) is 4.79 Å². The number of urea groups is 1. The van der Waals surface area contributed by atoms with Crippen molar-refractivity contribution in [1.29, 1.82) is 0 Å². The van der Waals surface area contributed by atoms with Crippen LogP contribution < -0.4 is 16.4 Å². The highest BCUT2D eigenvalue weighted by Gasteiger charge is 2.33. The summed E-state index contributed by atoms with van der Waals surface area (Å²) in [4.78, 5) is 33.1. The number of carbonyl (C=O) groups is 3. The van der Waals surface area contributed by atoms with Crippen LogP contribution in [0.3, 0.4) is 0 Å². The van der Waals surface area contributed by atoms with Crippen LogP contribution in [0.4, 0.5) is 4.79 Å². The molecule has 0 aromatic heterocycles. The predicted octanol–water partition coefficient (Wildman–Crippen LogP) is -0.341. The first-order valence-electron chi connectivity index (χ1n) is 5.15. The molecule has 17 heavy (non-hydrogen) atoms. The molecule has 7 nitrogen and oxygen atoms in total. The molecule has 0 bridgehead atoms. The minimum Gasteiger partial charge on any atom is -0.480 e. The molecule has 0 radical (unpaired) electrons. The second-order valence-corrected chi connectivity index (χ2v) is 4.88. The van der Waals surface area contributed by atoms with Crippen molar-refractivity contribution in [3.8, 4) is 0 Å². The van der Waals surface area contributed by atoms with Crippen molar-refractivity contribution in [2.75, 3.05) is 0 Å². The van der Waals surface area contributed by atoms with Crippen LogP contribution in [0, 0.1) is 5.41 Å². The van der Waals surface area contributed by atoms with Crippen molar-refractivity contribution in [3.63, 3.8) is 0 Å². The maximum atomic E-state index is 11.6. The van der Waals surface area contributed by atoms with Crippen molar-refractivity contribution >= 4 is 17.9 Å². The van der Waals surface area contributed by atoms with E-state index < -0.39 is 35.4 Å². The molecule has 0 spiro atoms. The highest BCUT2D eigenvalue weighted by molar-refractivity contribution is 5.89. The second kappa shape index (κ2) is 5.51. The van der Waals surface area contributed by atoms with Gasteiger partial charge < -0.3 is 21.5 Å². The molecule has 0 heterocycles. The van der Waals surface area contributed by atoms with Gasteiger partial charge in [0.05, 0.1) is 0 Å². The van der Waals surface area contributed by atoms with Crippen LogP contribution in [0.5, 0.6) is 0 Å². The number of nitrogens with one attached hydrogen (secondary N) is 2. The molecule has 0 saturated carbocycles. The fourth-order valence-electron chi connectivity index (χ4n) is 1.19. The summed E-state index contributed by atoms with van der Waals surface area (Å²) in [5.41, 5.74) is 4.23. The molecule has 1 unspecified atom stereocenters. The van der Waals surface area contributed by atoms with Gasteiger partial charge in [0, 0.05) is 0 Å². The number of primary amides is 1. The predicted molar refractivity (Wildman–Crippen MR) is 61.2 cm³/mol. The third-order valence-electron chi connectivity index (χ3n) is 2.15. The molecule has 0 aromatic carbocycles. The normalized spacial score (nSPS) is 14.6. The lowest BCUT2D eigenvalue weighted by atomic mass is 9.86. The van der Waals surface area contributed by atoms with E-state index in [9.17, 15) is 14.4 Å². The zero-order valence-corrected chi connectivity index (χ0v) is 10.4. The first-order chi connectivity index (χ1) is 7.55. The standard InChI is InChI=1S/C10H19N3O4/c1-5(12-9(11)17)7(14)13-6(8(15)16)10(2,3)4/h5-6H,1-4H3,(H,13,14)(H,15,16)(H3,11,12,17)/t5?,6-/m0/s1. The maximum absolute atomic E-state index is 11.6. The monoisotopic (exact) mass is 245 g/mol. The Morgan fingerprint density at radius 3 is 1.94 bits per heavy atom. The van der Waals surface area contributed by atoms with Gasteiger partial charge >= 0.3 is 12.0 Å². The van der Waals surface area contributed by atoms with Crippen LogP contribution in [-0.2, 0) is 9.59 Å². The van der Waals surface area contributed by atoms with Crippen molar-refractivity contribution in [3.05, 3.63) is 0 Å². The largest absolute Gasteiger partial charge is 0.480 e. The Morgan fingerprint density at radius 1 is 1.18 bits per heavy atom. The molecular weight excluding hydrogens is 226 g/mol. The number of rotatable bonds is 4. The van der Waals surface area contributed by atoms with Crippen LogP contribution in [0.15, 0.2) is 0 Å².